The molecule has 0 spiro atoms. The third-order valence-electron chi connectivity index (χ3n) is 2.10. The molecule has 0 fully saturated rings. The highest BCUT2D eigenvalue weighted by molar-refractivity contribution is 5.75. The van der Waals surface area contributed by atoms with Gasteiger partial charge in [0, 0.05) is 13.0 Å². The lowest BCUT2D eigenvalue weighted by atomic mass is 10.1. The van der Waals surface area contributed by atoms with Crippen LogP contribution in [0, 0.1) is 5.92 Å². The summed E-state index contributed by atoms with van der Waals surface area (Å²) in [6.07, 6.45) is 3.92. The molecule has 1 amide bonds. The Bertz CT molecular complexity index is 123. The Morgan fingerprint density at radius 3 is 2.58 bits per heavy atom. The van der Waals surface area contributed by atoms with Crippen molar-refractivity contribution < 1.29 is 4.79 Å². The van der Waals surface area contributed by atoms with Crippen LogP contribution in [-0.2, 0) is 4.79 Å². The zero-order valence-corrected chi connectivity index (χ0v) is 8.52. The average Bonchev–Trinajstić information content (AvgIpc) is 2.10. The van der Waals surface area contributed by atoms with Gasteiger partial charge in [-0.15, -0.1) is 0 Å². The minimum Gasteiger partial charge on any atom is -0.356 e. The lowest BCUT2D eigenvalue weighted by molar-refractivity contribution is -0.121. The molecule has 1 atom stereocenters. The molecule has 0 saturated carbocycles. The Morgan fingerprint density at radius 1 is 1.42 bits per heavy atom. The highest BCUT2D eigenvalue weighted by atomic mass is 16.1. The van der Waals surface area contributed by atoms with E-state index < -0.39 is 0 Å². The van der Waals surface area contributed by atoms with Crippen LogP contribution in [0.25, 0.3) is 0 Å². The summed E-state index contributed by atoms with van der Waals surface area (Å²) < 4.78 is 0. The monoisotopic (exact) mass is 171 g/mol. The van der Waals surface area contributed by atoms with Gasteiger partial charge in [0.1, 0.15) is 0 Å². The fourth-order valence-electron chi connectivity index (χ4n) is 0.858. The van der Waals surface area contributed by atoms with E-state index in [-0.39, 0.29) is 5.91 Å². The summed E-state index contributed by atoms with van der Waals surface area (Å²) in [7, 11) is 0. The highest BCUT2D eigenvalue weighted by Gasteiger charge is 2.02. The molecule has 0 aliphatic heterocycles. The second-order valence-corrected chi connectivity index (χ2v) is 3.42. The van der Waals surface area contributed by atoms with Crippen molar-refractivity contribution in [2.75, 3.05) is 6.54 Å². The van der Waals surface area contributed by atoms with E-state index in [0.717, 1.165) is 25.8 Å². The van der Waals surface area contributed by atoms with Crippen LogP contribution in [0.4, 0.5) is 0 Å². The maximum Gasteiger partial charge on any atom is 0.220 e. The van der Waals surface area contributed by atoms with Crippen molar-refractivity contribution in [3.63, 3.8) is 0 Å². The normalized spacial score (nSPS) is 12.6. The van der Waals surface area contributed by atoms with Crippen LogP contribution < -0.4 is 5.32 Å². The Balaban J connectivity index is 3.31. The molecule has 0 heterocycles. The van der Waals surface area contributed by atoms with Crippen molar-refractivity contribution in [1.29, 1.82) is 0 Å². The molecule has 0 aromatic heterocycles. The van der Waals surface area contributed by atoms with Crippen LogP contribution in [0.2, 0.25) is 0 Å². The van der Waals surface area contributed by atoms with Crippen LogP contribution in [0.15, 0.2) is 0 Å². The number of rotatable bonds is 6. The number of carbonyl (C=O) groups excluding carboxylic acids is 1. The van der Waals surface area contributed by atoms with Gasteiger partial charge < -0.3 is 5.32 Å². The molecule has 0 saturated heterocycles. The van der Waals surface area contributed by atoms with Gasteiger partial charge in [0.2, 0.25) is 5.91 Å². The van der Waals surface area contributed by atoms with Crippen LogP contribution in [0.3, 0.4) is 0 Å². The summed E-state index contributed by atoms with van der Waals surface area (Å²) in [4.78, 5) is 11.1. The van der Waals surface area contributed by atoms with E-state index >= 15 is 0 Å². The smallest absolute Gasteiger partial charge is 0.220 e. The standard InChI is InChI=1S/C10H21NO/c1-4-6-7-10(12)11-8-9(3)5-2/h9H,4-8H2,1-3H3,(H,11,12)/t9-/m1/s1. The van der Waals surface area contributed by atoms with Gasteiger partial charge in [-0.2, -0.15) is 0 Å². The largest absolute Gasteiger partial charge is 0.356 e. The van der Waals surface area contributed by atoms with Gasteiger partial charge in [0.15, 0.2) is 0 Å². The van der Waals surface area contributed by atoms with Crippen molar-refractivity contribution in [2.45, 2.75) is 46.5 Å². The van der Waals surface area contributed by atoms with Gasteiger partial charge in [0.25, 0.3) is 0 Å². The first-order valence-corrected chi connectivity index (χ1v) is 4.97. The fraction of sp³-hybridized carbons (Fsp3) is 0.900. The highest BCUT2D eigenvalue weighted by Crippen LogP contribution is 1.98. The lowest BCUT2D eigenvalue weighted by Crippen LogP contribution is -2.27. The molecule has 0 aliphatic carbocycles. The van der Waals surface area contributed by atoms with Crippen LogP contribution in [0.5, 0.6) is 0 Å². The first kappa shape index (κ1) is 11.5. The Morgan fingerprint density at radius 2 is 2.08 bits per heavy atom. The summed E-state index contributed by atoms with van der Waals surface area (Å²) in [5, 5.41) is 2.93. The van der Waals surface area contributed by atoms with E-state index in [2.05, 4.69) is 26.1 Å². The third kappa shape index (κ3) is 6.20. The van der Waals surface area contributed by atoms with Crippen LogP contribution in [0.1, 0.15) is 46.5 Å². The molecular weight excluding hydrogens is 150 g/mol. The van der Waals surface area contributed by atoms with Gasteiger partial charge in [0.05, 0.1) is 0 Å². The molecule has 2 heteroatoms. The van der Waals surface area contributed by atoms with E-state index in [1.807, 2.05) is 0 Å². The zero-order chi connectivity index (χ0) is 9.40. The molecule has 2 nitrogen and oxygen atoms in total. The van der Waals surface area contributed by atoms with Crippen molar-refractivity contribution >= 4 is 5.91 Å². The predicted octanol–water partition coefficient (Wildman–Crippen LogP) is 2.34. The number of unbranched alkanes of at least 4 members (excludes halogenated alkanes) is 1. The fourth-order valence-corrected chi connectivity index (χ4v) is 0.858. The molecule has 0 bridgehead atoms. The molecule has 0 unspecified atom stereocenters. The zero-order valence-electron chi connectivity index (χ0n) is 8.52. The first-order valence-electron chi connectivity index (χ1n) is 4.97. The average molecular weight is 171 g/mol. The quantitative estimate of drug-likeness (QED) is 0.653. The number of hydrogen-bond donors (Lipinski definition) is 1. The molecular formula is C10H21NO. The molecule has 12 heavy (non-hydrogen) atoms. The predicted molar refractivity (Wildman–Crippen MR) is 52.0 cm³/mol. The molecule has 72 valence electrons. The lowest BCUT2D eigenvalue weighted by Gasteiger charge is -2.09. The number of carbonyl (C=O) groups is 1. The Kier molecular flexibility index (Phi) is 6.82. The SMILES string of the molecule is CCCCC(=O)NC[C@H](C)CC. The van der Waals surface area contributed by atoms with Crippen molar-refractivity contribution in [1.82, 2.24) is 5.32 Å². The van der Waals surface area contributed by atoms with Gasteiger partial charge >= 0.3 is 0 Å². The van der Waals surface area contributed by atoms with E-state index in [1.165, 1.54) is 0 Å². The Labute approximate surface area is 75.7 Å². The topological polar surface area (TPSA) is 29.1 Å². The van der Waals surface area contributed by atoms with E-state index in [4.69, 9.17) is 0 Å². The van der Waals surface area contributed by atoms with Gasteiger partial charge in [-0.05, 0) is 12.3 Å². The molecule has 0 aliphatic rings. The third-order valence-corrected chi connectivity index (χ3v) is 2.10. The van der Waals surface area contributed by atoms with E-state index in [0.29, 0.717) is 12.3 Å². The maximum atomic E-state index is 11.1. The maximum absolute atomic E-state index is 11.1. The second-order valence-electron chi connectivity index (χ2n) is 3.42. The van der Waals surface area contributed by atoms with Gasteiger partial charge in [-0.25, -0.2) is 0 Å². The summed E-state index contributed by atoms with van der Waals surface area (Å²) in [5.74, 6) is 0.813. The van der Waals surface area contributed by atoms with Crippen molar-refractivity contribution in [3.05, 3.63) is 0 Å². The number of nitrogens with one attached hydrogen (secondary N) is 1. The van der Waals surface area contributed by atoms with E-state index in [1.54, 1.807) is 0 Å². The Hall–Kier alpha value is -0.530. The van der Waals surface area contributed by atoms with Crippen LogP contribution in [-0.4, -0.2) is 12.5 Å². The summed E-state index contributed by atoms with van der Waals surface area (Å²) in [5.41, 5.74) is 0. The van der Waals surface area contributed by atoms with Crippen LogP contribution >= 0.6 is 0 Å². The van der Waals surface area contributed by atoms with Gasteiger partial charge in [-0.3, -0.25) is 4.79 Å². The van der Waals surface area contributed by atoms with E-state index in [9.17, 15) is 4.79 Å². The molecule has 0 aromatic rings. The summed E-state index contributed by atoms with van der Waals surface area (Å²) in [6.45, 7) is 7.23. The number of amides is 1. The van der Waals surface area contributed by atoms with Crippen molar-refractivity contribution in [2.24, 2.45) is 5.92 Å². The molecule has 0 rings (SSSR count). The second kappa shape index (κ2) is 7.14. The minimum atomic E-state index is 0.206. The molecule has 1 N–H and O–H groups in total. The first-order chi connectivity index (χ1) is 5.70. The summed E-state index contributed by atoms with van der Waals surface area (Å²) >= 11 is 0. The minimum absolute atomic E-state index is 0.206. The van der Waals surface area contributed by atoms with Gasteiger partial charge in [-0.1, -0.05) is 33.6 Å². The molecule has 0 aromatic carbocycles. The molecule has 0 radical (unpaired) electrons. The summed E-state index contributed by atoms with van der Waals surface area (Å²) in [6, 6.07) is 0. The van der Waals surface area contributed by atoms with Crippen molar-refractivity contribution in [3.8, 4) is 0 Å². The number of hydrogen-bond acceptors (Lipinski definition) is 1.